The first kappa shape index (κ1) is 21.4. The number of amides is 1. The van der Waals surface area contributed by atoms with E-state index in [1.807, 2.05) is 35.2 Å². The van der Waals surface area contributed by atoms with Crippen molar-refractivity contribution in [2.75, 3.05) is 25.5 Å². The number of hydrogen-bond donors (Lipinski definition) is 1. The molecule has 3 aromatic rings. The number of hydrogen-bond acceptors (Lipinski definition) is 5. The SMILES string of the molecule is C#Cc1cccc(Nc2ncnc3cc(OC)c(CC4CCN(C(=O)C=C)CC4)cc23)c1. The van der Waals surface area contributed by atoms with Crippen LogP contribution in [0.3, 0.4) is 0 Å². The Morgan fingerprint density at radius 1 is 1.31 bits per heavy atom. The lowest BCUT2D eigenvalue weighted by Gasteiger charge is -2.31. The van der Waals surface area contributed by atoms with Gasteiger partial charge in [-0.3, -0.25) is 4.79 Å². The van der Waals surface area contributed by atoms with Gasteiger partial charge in [0.05, 0.1) is 12.6 Å². The lowest BCUT2D eigenvalue weighted by atomic mass is 9.89. The van der Waals surface area contributed by atoms with Crippen LogP contribution >= 0.6 is 0 Å². The summed E-state index contributed by atoms with van der Waals surface area (Å²) in [4.78, 5) is 22.6. The van der Waals surface area contributed by atoms with Crippen molar-refractivity contribution in [3.05, 3.63) is 66.5 Å². The summed E-state index contributed by atoms with van der Waals surface area (Å²) in [5, 5.41) is 4.30. The molecule has 1 amide bonds. The van der Waals surface area contributed by atoms with Gasteiger partial charge in [0.15, 0.2) is 0 Å². The second kappa shape index (κ2) is 9.52. The van der Waals surface area contributed by atoms with Crippen molar-refractivity contribution in [2.45, 2.75) is 19.3 Å². The monoisotopic (exact) mass is 426 g/mol. The van der Waals surface area contributed by atoms with E-state index in [0.717, 1.165) is 71.6 Å². The smallest absolute Gasteiger partial charge is 0.245 e. The number of piperidine rings is 1. The van der Waals surface area contributed by atoms with Crippen LogP contribution < -0.4 is 10.1 Å². The maximum absolute atomic E-state index is 11.9. The third-order valence-corrected chi connectivity index (χ3v) is 5.94. The lowest BCUT2D eigenvalue weighted by molar-refractivity contribution is -0.127. The summed E-state index contributed by atoms with van der Waals surface area (Å²) in [6.45, 7) is 5.10. The minimum absolute atomic E-state index is 0.00788. The number of fused-ring (bicyclic) bond motifs is 1. The summed E-state index contributed by atoms with van der Waals surface area (Å²) in [6, 6.07) is 11.8. The highest BCUT2D eigenvalue weighted by atomic mass is 16.5. The van der Waals surface area contributed by atoms with Crippen LogP contribution in [0.2, 0.25) is 0 Å². The van der Waals surface area contributed by atoms with Gasteiger partial charge in [-0.15, -0.1) is 6.42 Å². The third-order valence-electron chi connectivity index (χ3n) is 5.94. The molecule has 1 aliphatic heterocycles. The summed E-state index contributed by atoms with van der Waals surface area (Å²) < 4.78 is 5.68. The number of nitrogens with zero attached hydrogens (tertiary/aromatic N) is 3. The van der Waals surface area contributed by atoms with E-state index in [2.05, 4.69) is 33.9 Å². The van der Waals surface area contributed by atoms with E-state index in [1.165, 1.54) is 6.08 Å². The zero-order valence-corrected chi connectivity index (χ0v) is 18.2. The van der Waals surface area contributed by atoms with Crippen LogP contribution in [-0.2, 0) is 11.2 Å². The predicted molar refractivity (Wildman–Crippen MR) is 127 cm³/mol. The molecule has 0 spiro atoms. The van der Waals surface area contributed by atoms with Crippen LogP contribution in [0, 0.1) is 18.3 Å². The molecule has 0 unspecified atom stereocenters. The Labute approximate surface area is 188 Å². The number of carbonyl (C=O) groups excluding carboxylic acids is 1. The number of rotatable bonds is 6. The van der Waals surface area contributed by atoms with E-state index in [9.17, 15) is 4.79 Å². The Morgan fingerprint density at radius 2 is 2.12 bits per heavy atom. The number of nitrogens with one attached hydrogen (secondary N) is 1. The predicted octanol–water partition coefficient (Wildman–Crippen LogP) is 4.33. The van der Waals surface area contributed by atoms with Crippen molar-refractivity contribution in [1.29, 1.82) is 0 Å². The summed E-state index contributed by atoms with van der Waals surface area (Å²) >= 11 is 0. The second-order valence-electron chi connectivity index (χ2n) is 7.93. The van der Waals surface area contributed by atoms with E-state index in [1.54, 1.807) is 13.4 Å². The molecule has 0 saturated carbocycles. The molecule has 1 N–H and O–H groups in total. The van der Waals surface area contributed by atoms with Crippen LogP contribution in [0.5, 0.6) is 5.75 Å². The minimum Gasteiger partial charge on any atom is -0.496 e. The van der Waals surface area contributed by atoms with Crippen LogP contribution in [0.1, 0.15) is 24.0 Å². The van der Waals surface area contributed by atoms with E-state index in [0.29, 0.717) is 5.92 Å². The quantitative estimate of drug-likeness (QED) is 0.469. The van der Waals surface area contributed by atoms with Crippen molar-refractivity contribution in [1.82, 2.24) is 14.9 Å². The van der Waals surface area contributed by atoms with Crippen LogP contribution in [-0.4, -0.2) is 41.0 Å². The van der Waals surface area contributed by atoms with Crippen LogP contribution in [0.25, 0.3) is 10.9 Å². The first-order chi connectivity index (χ1) is 15.6. The van der Waals surface area contributed by atoms with Crippen LogP contribution in [0.15, 0.2) is 55.4 Å². The van der Waals surface area contributed by atoms with Gasteiger partial charge in [-0.1, -0.05) is 18.6 Å². The number of aromatic nitrogens is 2. The average molecular weight is 427 g/mol. The molecule has 2 heterocycles. The van der Waals surface area contributed by atoms with Crippen LogP contribution in [0.4, 0.5) is 11.5 Å². The normalized spacial score (nSPS) is 14.1. The van der Waals surface area contributed by atoms with Gasteiger partial charge >= 0.3 is 0 Å². The van der Waals surface area contributed by atoms with Gasteiger partial charge in [0.1, 0.15) is 17.9 Å². The molecule has 1 fully saturated rings. The molecule has 0 aliphatic carbocycles. The number of methoxy groups -OCH3 is 1. The van der Waals surface area contributed by atoms with Gasteiger partial charge < -0.3 is 15.0 Å². The molecule has 1 aromatic heterocycles. The van der Waals surface area contributed by atoms with Crippen molar-refractivity contribution in [3.63, 3.8) is 0 Å². The molecule has 6 heteroatoms. The van der Waals surface area contributed by atoms with Gasteiger partial charge in [-0.05, 0) is 61.1 Å². The van der Waals surface area contributed by atoms with E-state index < -0.39 is 0 Å². The zero-order valence-electron chi connectivity index (χ0n) is 18.2. The van der Waals surface area contributed by atoms with Gasteiger partial charge in [-0.25, -0.2) is 9.97 Å². The van der Waals surface area contributed by atoms with Crippen molar-refractivity contribution in [3.8, 4) is 18.1 Å². The molecule has 32 heavy (non-hydrogen) atoms. The number of carbonyl (C=O) groups is 1. The number of benzene rings is 2. The van der Waals surface area contributed by atoms with E-state index in [-0.39, 0.29) is 5.91 Å². The molecular formula is C26H26N4O2. The Hall–Kier alpha value is -3.85. The van der Waals surface area contributed by atoms with Gasteiger partial charge in [-0.2, -0.15) is 0 Å². The summed E-state index contributed by atoms with van der Waals surface area (Å²) in [6.07, 6.45) is 11.2. The minimum atomic E-state index is 0.00788. The number of ether oxygens (including phenoxy) is 1. The third kappa shape index (κ3) is 4.57. The summed E-state index contributed by atoms with van der Waals surface area (Å²) in [5.74, 6) is 4.68. The van der Waals surface area contributed by atoms with E-state index in [4.69, 9.17) is 11.2 Å². The number of likely N-dealkylation sites (tertiary alicyclic amines) is 1. The molecule has 4 rings (SSSR count). The Balaban J connectivity index is 1.60. The fourth-order valence-corrected chi connectivity index (χ4v) is 4.20. The summed E-state index contributed by atoms with van der Waals surface area (Å²) in [5.41, 5.74) is 3.60. The Morgan fingerprint density at radius 3 is 2.84 bits per heavy atom. The molecule has 2 aromatic carbocycles. The maximum atomic E-state index is 11.9. The topological polar surface area (TPSA) is 67.4 Å². The van der Waals surface area contributed by atoms with Crippen molar-refractivity contribution >= 4 is 28.3 Å². The Kier molecular flexibility index (Phi) is 6.37. The number of anilines is 2. The fraction of sp³-hybridized carbons (Fsp3) is 0.269. The molecule has 1 saturated heterocycles. The highest BCUT2D eigenvalue weighted by Crippen LogP contribution is 2.33. The first-order valence-corrected chi connectivity index (χ1v) is 10.7. The molecule has 162 valence electrons. The summed E-state index contributed by atoms with van der Waals surface area (Å²) in [7, 11) is 1.68. The highest BCUT2D eigenvalue weighted by Gasteiger charge is 2.23. The molecule has 6 nitrogen and oxygen atoms in total. The van der Waals surface area contributed by atoms with E-state index >= 15 is 0 Å². The van der Waals surface area contributed by atoms with Crippen molar-refractivity contribution in [2.24, 2.45) is 5.92 Å². The van der Waals surface area contributed by atoms with Gasteiger partial charge in [0.25, 0.3) is 0 Å². The Bertz CT molecular complexity index is 1190. The average Bonchev–Trinajstić information content (AvgIpc) is 2.84. The molecule has 0 atom stereocenters. The fourth-order valence-electron chi connectivity index (χ4n) is 4.20. The molecule has 0 bridgehead atoms. The lowest BCUT2D eigenvalue weighted by Crippen LogP contribution is -2.37. The second-order valence-corrected chi connectivity index (χ2v) is 7.93. The largest absolute Gasteiger partial charge is 0.496 e. The first-order valence-electron chi connectivity index (χ1n) is 10.7. The maximum Gasteiger partial charge on any atom is 0.245 e. The molecule has 0 radical (unpaired) electrons. The molecule has 1 aliphatic rings. The van der Waals surface area contributed by atoms with Crippen molar-refractivity contribution < 1.29 is 9.53 Å². The zero-order chi connectivity index (χ0) is 22.5. The molecular weight excluding hydrogens is 400 g/mol. The standard InChI is InChI=1S/C26H26N4O2/c1-4-18-7-6-8-21(14-18)29-26-22-15-20(24(32-3)16-23(22)27-17-28-26)13-19-9-11-30(12-10-19)25(31)5-2/h1,5-8,14-17,19H,2,9-13H2,3H3,(H,27,28,29). The number of terminal acetylenes is 1. The van der Waals surface area contributed by atoms with Gasteiger partial charge in [0.2, 0.25) is 5.91 Å². The van der Waals surface area contributed by atoms with Gasteiger partial charge in [0, 0.05) is 35.8 Å². The highest BCUT2D eigenvalue weighted by molar-refractivity contribution is 5.92.